The molecule has 0 unspecified atom stereocenters. The number of nitrogens with zero attached hydrogens (tertiary/aromatic N) is 2. The van der Waals surface area contributed by atoms with Crippen LogP contribution in [-0.4, -0.2) is 33.4 Å². The average Bonchev–Trinajstić information content (AvgIpc) is 2.55. The zero-order valence-corrected chi connectivity index (χ0v) is 12.6. The Labute approximate surface area is 130 Å². The van der Waals surface area contributed by atoms with Gasteiger partial charge in [-0.1, -0.05) is 0 Å². The van der Waals surface area contributed by atoms with Crippen molar-refractivity contribution in [2.24, 2.45) is 0 Å². The molecule has 0 fully saturated rings. The predicted molar refractivity (Wildman–Crippen MR) is 84.2 cm³/mol. The van der Waals surface area contributed by atoms with Crippen LogP contribution >= 0.6 is 0 Å². The highest BCUT2D eigenvalue weighted by molar-refractivity contribution is 5.97. The third kappa shape index (κ3) is 2.69. The summed E-state index contributed by atoms with van der Waals surface area (Å²) in [5, 5.41) is 0. The number of nitrogens with one attached hydrogen (secondary N) is 1. The van der Waals surface area contributed by atoms with E-state index in [1.54, 1.807) is 19.1 Å². The SMILES string of the molecule is CCn1c(=O)c(=O)[nH]c2cc(C(=O)N3CCC=C(F)C3)ccc21. The van der Waals surface area contributed by atoms with Crippen molar-refractivity contribution in [1.29, 1.82) is 0 Å². The minimum Gasteiger partial charge on any atom is -0.332 e. The van der Waals surface area contributed by atoms with Gasteiger partial charge in [0.05, 0.1) is 17.6 Å². The highest BCUT2D eigenvalue weighted by Crippen LogP contribution is 2.17. The lowest BCUT2D eigenvalue weighted by molar-refractivity contribution is 0.0755. The fourth-order valence-corrected chi connectivity index (χ4v) is 2.79. The van der Waals surface area contributed by atoms with Crippen LogP contribution in [0.5, 0.6) is 0 Å². The zero-order chi connectivity index (χ0) is 16.6. The van der Waals surface area contributed by atoms with E-state index in [1.807, 2.05) is 0 Å². The lowest BCUT2D eigenvalue weighted by Gasteiger charge is -2.24. The van der Waals surface area contributed by atoms with E-state index in [0.717, 1.165) is 0 Å². The Kier molecular flexibility index (Phi) is 3.85. The molecule has 0 spiro atoms. The number of fused-ring (bicyclic) bond motifs is 1. The molecule has 0 saturated heterocycles. The van der Waals surface area contributed by atoms with Gasteiger partial charge in [0.25, 0.3) is 5.91 Å². The number of halogens is 1. The van der Waals surface area contributed by atoms with Crippen LogP contribution in [0.1, 0.15) is 23.7 Å². The molecule has 7 heteroatoms. The molecule has 0 atom stereocenters. The highest BCUT2D eigenvalue weighted by Gasteiger charge is 2.20. The van der Waals surface area contributed by atoms with Crippen molar-refractivity contribution in [3.63, 3.8) is 0 Å². The molecule has 1 aromatic carbocycles. The second-order valence-corrected chi connectivity index (χ2v) is 5.40. The number of aromatic nitrogens is 2. The summed E-state index contributed by atoms with van der Waals surface area (Å²) in [7, 11) is 0. The molecule has 3 rings (SSSR count). The first kappa shape index (κ1) is 15.2. The number of rotatable bonds is 2. The summed E-state index contributed by atoms with van der Waals surface area (Å²) in [4.78, 5) is 39.9. The molecule has 0 radical (unpaired) electrons. The van der Waals surface area contributed by atoms with Crippen LogP contribution < -0.4 is 11.1 Å². The topological polar surface area (TPSA) is 75.2 Å². The molecular formula is C16H16FN3O3. The van der Waals surface area contributed by atoms with Crippen LogP contribution in [0.4, 0.5) is 4.39 Å². The fourth-order valence-electron chi connectivity index (χ4n) is 2.79. The third-order valence-corrected chi connectivity index (χ3v) is 3.93. The van der Waals surface area contributed by atoms with E-state index in [9.17, 15) is 18.8 Å². The molecule has 6 nitrogen and oxygen atoms in total. The van der Waals surface area contributed by atoms with Gasteiger partial charge in [-0.05, 0) is 37.6 Å². The first-order valence-electron chi connectivity index (χ1n) is 7.42. The Morgan fingerprint density at radius 3 is 2.83 bits per heavy atom. The first-order valence-corrected chi connectivity index (χ1v) is 7.42. The van der Waals surface area contributed by atoms with E-state index >= 15 is 0 Å². The molecule has 0 aliphatic carbocycles. The summed E-state index contributed by atoms with van der Waals surface area (Å²) in [5.74, 6) is -0.621. The van der Waals surface area contributed by atoms with Crippen LogP contribution in [0.25, 0.3) is 11.0 Å². The zero-order valence-electron chi connectivity index (χ0n) is 12.6. The van der Waals surface area contributed by atoms with Crippen molar-refractivity contribution in [2.75, 3.05) is 13.1 Å². The Hall–Kier alpha value is -2.70. The smallest absolute Gasteiger partial charge is 0.316 e. The van der Waals surface area contributed by atoms with Crippen molar-refractivity contribution in [3.05, 3.63) is 56.4 Å². The van der Waals surface area contributed by atoms with Crippen molar-refractivity contribution in [1.82, 2.24) is 14.5 Å². The van der Waals surface area contributed by atoms with Crippen molar-refractivity contribution in [2.45, 2.75) is 19.9 Å². The fraction of sp³-hybridized carbons (Fsp3) is 0.312. The normalized spacial score (nSPS) is 14.9. The van der Waals surface area contributed by atoms with E-state index in [0.29, 0.717) is 36.1 Å². The Morgan fingerprint density at radius 1 is 1.35 bits per heavy atom. The summed E-state index contributed by atoms with van der Waals surface area (Å²) in [6.45, 7) is 2.54. The van der Waals surface area contributed by atoms with Crippen LogP contribution in [0.15, 0.2) is 39.7 Å². The van der Waals surface area contributed by atoms with Gasteiger partial charge in [0.2, 0.25) is 0 Å². The Balaban J connectivity index is 2.05. The lowest BCUT2D eigenvalue weighted by atomic mass is 10.1. The minimum absolute atomic E-state index is 0.0398. The van der Waals surface area contributed by atoms with Gasteiger partial charge >= 0.3 is 11.1 Å². The van der Waals surface area contributed by atoms with Gasteiger partial charge in [-0.3, -0.25) is 14.4 Å². The summed E-state index contributed by atoms with van der Waals surface area (Å²) in [6, 6.07) is 4.74. The maximum absolute atomic E-state index is 13.3. The largest absolute Gasteiger partial charge is 0.332 e. The van der Waals surface area contributed by atoms with Gasteiger partial charge in [0.15, 0.2) is 0 Å². The number of carbonyl (C=O) groups is 1. The molecule has 2 aromatic rings. The van der Waals surface area contributed by atoms with Crippen LogP contribution in [-0.2, 0) is 6.54 Å². The standard InChI is InChI=1S/C16H16FN3O3/c1-2-20-13-6-5-10(8-12(13)18-14(21)16(20)23)15(22)19-7-3-4-11(17)9-19/h4-6,8H,2-3,7,9H2,1H3,(H,18,21). The van der Waals surface area contributed by atoms with E-state index < -0.39 is 11.1 Å². The number of carbonyl (C=O) groups excluding carboxylic acids is 1. The van der Waals surface area contributed by atoms with E-state index in [4.69, 9.17) is 0 Å². The second-order valence-electron chi connectivity index (χ2n) is 5.40. The second kappa shape index (κ2) is 5.83. The Bertz CT molecular complexity index is 926. The lowest BCUT2D eigenvalue weighted by Crippen LogP contribution is -2.36. The summed E-state index contributed by atoms with van der Waals surface area (Å²) in [5.41, 5.74) is -0.0314. The molecule has 0 saturated carbocycles. The minimum atomic E-state index is -0.726. The van der Waals surface area contributed by atoms with Crippen LogP contribution in [0.2, 0.25) is 0 Å². The maximum atomic E-state index is 13.3. The number of hydrogen-bond donors (Lipinski definition) is 1. The van der Waals surface area contributed by atoms with Gasteiger partial charge in [-0.25, -0.2) is 4.39 Å². The third-order valence-electron chi connectivity index (χ3n) is 3.93. The molecule has 1 aliphatic rings. The highest BCUT2D eigenvalue weighted by atomic mass is 19.1. The quantitative estimate of drug-likeness (QED) is 0.851. The predicted octanol–water partition coefficient (Wildman–Crippen LogP) is 1.41. The van der Waals surface area contributed by atoms with Crippen LogP contribution in [0.3, 0.4) is 0 Å². The molecule has 1 amide bonds. The van der Waals surface area contributed by atoms with Gasteiger partial charge in [-0.2, -0.15) is 0 Å². The number of H-pyrrole nitrogens is 1. The van der Waals surface area contributed by atoms with Gasteiger partial charge in [-0.15, -0.1) is 0 Å². The molecule has 1 N–H and O–H groups in total. The molecule has 120 valence electrons. The average molecular weight is 317 g/mol. The van der Waals surface area contributed by atoms with Gasteiger partial charge in [0.1, 0.15) is 5.83 Å². The van der Waals surface area contributed by atoms with Gasteiger partial charge < -0.3 is 14.5 Å². The van der Waals surface area contributed by atoms with Crippen molar-refractivity contribution < 1.29 is 9.18 Å². The maximum Gasteiger partial charge on any atom is 0.316 e. The molecule has 23 heavy (non-hydrogen) atoms. The van der Waals surface area contributed by atoms with Gasteiger partial charge in [0, 0.05) is 18.7 Å². The van der Waals surface area contributed by atoms with E-state index in [-0.39, 0.29) is 18.3 Å². The number of hydrogen-bond acceptors (Lipinski definition) is 3. The molecule has 2 heterocycles. The summed E-state index contributed by atoms with van der Waals surface area (Å²) >= 11 is 0. The number of aromatic amines is 1. The summed E-state index contributed by atoms with van der Waals surface area (Å²) < 4.78 is 14.7. The molecule has 1 aromatic heterocycles. The van der Waals surface area contributed by atoms with E-state index in [1.165, 1.54) is 21.6 Å². The summed E-state index contributed by atoms with van der Waals surface area (Å²) in [6.07, 6.45) is 1.96. The number of amides is 1. The van der Waals surface area contributed by atoms with Crippen molar-refractivity contribution >= 4 is 16.9 Å². The molecule has 0 bridgehead atoms. The molecule has 1 aliphatic heterocycles. The number of benzene rings is 1. The first-order chi connectivity index (χ1) is 11.0. The van der Waals surface area contributed by atoms with Crippen molar-refractivity contribution in [3.8, 4) is 0 Å². The number of aryl methyl sites for hydroxylation is 1. The Morgan fingerprint density at radius 2 is 2.13 bits per heavy atom. The monoisotopic (exact) mass is 317 g/mol. The van der Waals surface area contributed by atoms with Crippen LogP contribution in [0, 0.1) is 0 Å². The van der Waals surface area contributed by atoms with E-state index in [2.05, 4.69) is 4.98 Å². The molecular weight excluding hydrogens is 301 g/mol.